The Hall–Kier alpha value is -0.980. The van der Waals surface area contributed by atoms with Gasteiger partial charge in [-0.3, -0.25) is 16.3 Å². The molecule has 0 saturated carbocycles. The minimum Gasteiger partial charge on any atom is -0.271 e. The van der Waals surface area contributed by atoms with Gasteiger partial charge in [0.1, 0.15) is 9.84 Å². The van der Waals surface area contributed by atoms with E-state index >= 15 is 0 Å². The Morgan fingerprint density at radius 3 is 3.06 bits per heavy atom. The van der Waals surface area contributed by atoms with Gasteiger partial charge in [-0.15, -0.1) is 0 Å². The van der Waals surface area contributed by atoms with Crippen LogP contribution in [0.3, 0.4) is 0 Å². The molecule has 1 aromatic heterocycles. The van der Waals surface area contributed by atoms with Gasteiger partial charge in [-0.25, -0.2) is 8.42 Å². The molecule has 0 amide bonds. The number of rotatable bonds is 4. The van der Waals surface area contributed by atoms with Gasteiger partial charge < -0.3 is 0 Å². The average molecular weight is 255 g/mol. The number of nitrogens with two attached hydrogens (primary N) is 1. The van der Waals surface area contributed by atoms with Gasteiger partial charge in [0.2, 0.25) is 0 Å². The first-order chi connectivity index (χ1) is 8.01. The van der Waals surface area contributed by atoms with Gasteiger partial charge in [0, 0.05) is 30.1 Å². The third kappa shape index (κ3) is 2.83. The Kier molecular flexibility index (Phi) is 3.46. The van der Waals surface area contributed by atoms with Crippen LogP contribution < -0.4 is 11.3 Å². The maximum absolute atomic E-state index is 11.4. The first kappa shape index (κ1) is 12.5. The second-order valence-corrected chi connectivity index (χ2v) is 6.74. The van der Waals surface area contributed by atoms with Crippen molar-refractivity contribution in [2.45, 2.75) is 24.8 Å². The van der Waals surface area contributed by atoms with E-state index in [0.717, 1.165) is 18.5 Å². The molecule has 1 aliphatic carbocycles. The number of sulfone groups is 1. The molecule has 0 spiro atoms. The highest BCUT2D eigenvalue weighted by Crippen LogP contribution is 2.33. The first-order valence-corrected chi connectivity index (χ1v) is 7.65. The Labute approximate surface area is 101 Å². The van der Waals surface area contributed by atoms with Crippen LogP contribution in [0, 0.1) is 0 Å². The highest BCUT2D eigenvalue weighted by Gasteiger charge is 2.32. The van der Waals surface area contributed by atoms with Gasteiger partial charge in [-0.1, -0.05) is 6.07 Å². The number of aryl methyl sites for hydroxylation is 1. The monoisotopic (exact) mass is 255 g/mol. The van der Waals surface area contributed by atoms with Crippen LogP contribution in [0.5, 0.6) is 0 Å². The molecule has 3 N–H and O–H groups in total. The molecular weight excluding hydrogens is 238 g/mol. The Bertz CT molecular complexity index is 501. The molecule has 2 unspecified atom stereocenters. The van der Waals surface area contributed by atoms with Crippen molar-refractivity contribution in [2.24, 2.45) is 5.84 Å². The molecule has 1 aliphatic rings. The summed E-state index contributed by atoms with van der Waals surface area (Å²) >= 11 is 0. The fourth-order valence-corrected chi connectivity index (χ4v) is 3.42. The molecule has 1 heterocycles. The summed E-state index contributed by atoms with van der Waals surface area (Å²) in [7, 11) is -3.05. The van der Waals surface area contributed by atoms with Crippen molar-refractivity contribution in [3.05, 3.63) is 29.6 Å². The van der Waals surface area contributed by atoms with Crippen molar-refractivity contribution in [3.8, 4) is 0 Å². The molecule has 1 aromatic rings. The largest absolute Gasteiger partial charge is 0.271 e. The van der Waals surface area contributed by atoms with Crippen LogP contribution in [0.1, 0.15) is 23.6 Å². The Balaban J connectivity index is 2.23. The van der Waals surface area contributed by atoms with Crippen LogP contribution in [0.2, 0.25) is 0 Å². The molecule has 0 aromatic carbocycles. The van der Waals surface area contributed by atoms with Crippen LogP contribution in [0.4, 0.5) is 0 Å². The van der Waals surface area contributed by atoms with Crippen molar-refractivity contribution in [1.29, 1.82) is 0 Å². The molecule has 2 rings (SSSR count). The highest BCUT2D eigenvalue weighted by atomic mass is 32.2. The summed E-state index contributed by atoms with van der Waals surface area (Å²) in [5.41, 5.74) is 4.81. The van der Waals surface area contributed by atoms with Crippen molar-refractivity contribution >= 4 is 9.84 Å². The van der Waals surface area contributed by atoms with E-state index in [9.17, 15) is 8.42 Å². The maximum Gasteiger partial charge on any atom is 0.149 e. The van der Waals surface area contributed by atoms with Crippen molar-refractivity contribution in [3.63, 3.8) is 0 Å². The fourth-order valence-electron chi connectivity index (χ4n) is 2.44. The van der Waals surface area contributed by atoms with E-state index in [-0.39, 0.29) is 17.7 Å². The summed E-state index contributed by atoms with van der Waals surface area (Å²) < 4.78 is 22.7. The lowest BCUT2D eigenvalue weighted by molar-refractivity contribution is 0.459. The van der Waals surface area contributed by atoms with E-state index in [2.05, 4.69) is 10.4 Å². The summed E-state index contributed by atoms with van der Waals surface area (Å²) in [6.45, 7) is 0. The summed E-state index contributed by atoms with van der Waals surface area (Å²) in [6, 6.07) is 3.68. The van der Waals surface area contributed by atoms with Crippen LogP contribution in [-0.2, 0) is 16.3 Å². The number of hydrogen-bond acceptors (Lipinski definition) is 5. The zero-order valence-electron chi connectivity index (χ0n) is 9.76. The molecule has 94 valence electrons. The number of pyridine rings is 1. The Morgan fingerprint density at radius 2 is 2.41 bits per heavy atom. The van der Waals surface area contributed by atoms with E-state index in [0.29, 0.717) is 0 Å². The van der Waals surface area contributed by atoms with Gasteiger partial charge in [-0.05, 0) is 24.5 Å². The average Bonchev–Trinajstić information content (AvgIpc) is 2.68. The van der Waals surface area contributed by atoms with E-state index in [4.69, 9.17) is 5.84 Å². The summed E-state index contributed by atoms with van der Waals surface area (Å²) in [5.74, 6) is 5.61. The summed E-state index contributed by atoms with van der Waals surface area (Å²) in [6.07, 6.45) is 4.81. The zero-order chi connectivity index (χ0) is 12.5. The second kappa shape index (κ2) is 4.72. The van der Waals surface area contributed by atoms with Crippen molar-refractivity contribution < 1.29 is 8.42 Å². The van der Waals surface area contributed by atoms with E-state index in [1.54, 1.807) is 6.20 Å². The minimum atomic E-state index is -3.05. The van der Waals surface area contributed by atoms with E-state index < -0.39 is 9.84 Å². The predicted octanol–water partition coefficient (Wildman–Crippen LogP) is -0.0121. The lowest BCUT2D eigenvalue weighted by Gasteiger charge is -2.21. The predicted molar refractivity (Wildman–Crippen MR) is 66.1 cm³/mol. The van der Waals surface area contributed by atoms with Crippen molar-refractivity contribution in [1.82, 2.24) is 10.4 Å². The number of nitrogens with zero attached hydrogens (tertiary/aromatic N) is 1. The second-order valence-electron chi connectivity index (χ2n) is 4.56. The summed E-state index contributed by atoms with van der Waals surface area (Å²) in [5, 5.41) is 0. The van der Waals surface area contributed by atoms with E-state index in [1.165, 1.54) is 11.8 Å². The molecule has 0 bridgehead atoms. The van der Waals surface area contributed by atoms with Crippen molar-refractivity contribution in [2.75, 3.05) is 12.0 Å². The number of hydrazine groups is 1. The van der Waals surface area contributed by atoms with Crippen LogP contribution in [-0.4, -0.2) is 31.5 Å². The number of nitrogens with one attached hydrogen (secondary N) is 1. The molecular formula is C11H17N3O2S. The molecule has 2 atom stereocenters. The highest BCUT2D eigenvalue weighted by molar-refractivity contribution is 7.90. The molecule has 0 fully saturated rings. The molecule has 0 radical (unpaired) electrons. The third-order valence-corrected chi connectivity index (χ3v) is 4.15. The SMILES string of the molecule is CS(=O)(=O)CC(NN)C1CCc2cccnc21. The van der Waals surface area contributed by atoms with Crippen LogP contribution >= 0.6 is 0 Å². The van der Waals surface area contributed by atoms with Gasteiger partial charge in [0.05, 0.1) is 5.75 Å². The fraction of sp³-hybridized carbons (Fsp3) is 0.545. The van der Waals surface area contributed by atoms with Gasteiger partial charge in [0.25, 0.3) is 0 Å². The molecule has 0 aliphatic heterocycles. The lowest BCUT2D eigenvalue weighted by Crippen LogP contribution is -2.44. The third-order valence-electron chi connectivity index (χ3n) is 3.18. The lowest BCUT2D eigenvalue weighted by atomic mass is 9.99. The summed E-state index contributed by atoms with van der Waals surface area (Å²) in [4.78, 5) is 4.35. The van der Waals surface area contributed by atoms with Gasteiger partial charge in [0.15, 0.2) is 0 Å². The number of fused-ring (bicyclic) bond motifs is 1. The molecule has 5 nitrogen and oxygen atoms in total. The smallest absolute Gasteiger partial charge is 0.149 e. The number of hydrogen-bond donors (Lipinski definition) is 2. The standard InChI is InChI=1S/C11H17N3O2S/c1-17(15,16)7-10(14-12)9-5-4-8-3-2-6-13-11(8)9/h2-3,6,9-10,14H,4-5,7,12H2,1H3. The minimum absolute atomic E-state index is 0.0458. The van der Waals surface area contributed by atoms with Crippen LogP contribution in [0.25, 0.3) is 0 Å². The van der Waals surface area contributed by atoms with Gasteiger partial charge in [-0.2, -0.15) is 0 Å². The topological polar surface area (TPSA) is 85.1 Å². The van der Waals surface area contributed by atoms with Crippen LogP contribution in [0.15, 0.2) is 18.3 Å². The normalized spacial score (nSPS) is 21.2. The molecule has 0 saturated heterocycles. The zero-order valence-corrected chi connectivity index (χ0v) is 10.6. The van der Waals surface area contributed by atoms with Gasteiger partial charge >= 0.3 is 0 Å². The maximum atomic E-state index is 11.4. The quantitative estimate of drug-likeness (QED) is 0.584. The first-order valence-electron chi connectivity index (χ1n) is 5.59. The Morgan fingerprint density at radius 1 is 1.65 bits per heavy atom. The number of aromatic nitrogens is 1. The molecule has 6 heteroatoms. The van der Waals surface area contributed by atoms with E-state index in [1.807, 2.05) is 12.1 Å². The molecule has 17 heavy (non-hydrogen) atoms.